The molecule has 0 aliphatic heterocycles. The van der Waals surface area contributed by atoms with E-state index >= 15 is 0 Å². The zero-order chi connectivity index (χ0) is 9.19. The smallest absolute Gasteiger partial charge is 0.134 e. The van der Waals surface area contributed by atoms with E-state index in [2.05, 4.69) is 17.1 Å². The average Bonchev–Trinajstić information content (AvgIpc) is 2.31. The molecule has 0 saturated heterocycles. The van der Waals surface area contributed by atoms with Crippen LogP contribution in [-0.4, -0.2) is 20.3 Å². The lowest BCUT2D eigenvalue weighted by Gasteiger charge is -2.17. The van der Waals surface area contributed by atoms with Crippen LogP contribution in [-0.2, 0) is 13.0 Å². The van der Waals surface area contributed by atoms with E-state index < -0.39 is 0 Å². The number of hydrogen-bond donors (Lipinski definition) is 1. The number of aryl methyl sites for hydroxylation is 1. The molecule has 2 N–H and O–H groups in total. The maximum atomic E-state index is 5.87. The van der Waals surface area contributed by atoms with Gasteiger partial charge in [-0.3, -0.25) is 0 Å². The molecule has 4 nitrogen and oxygen atoms in total. The highest BCUT2D eigenvalue weighted by Crippen LogP contribution is 2.06. The highest BCUT2D eigenvalue weighted by molar-refractivity contribution is 4.93. The second-order valence-corrected chi connectivity index (χ2v) is 3.70. The van der Waals surface area contributed by atoms with Crippen molar-refractivity contribution in [3.05, 3.63) is 12.2 Å². The number of nitrogens with zero attached hydrogens (tertiary/aromatic N) is 3. The van der Waals surface area contributed by atoms with Crippen molar-refractivity contribution in [3.63, 3.8) is 0 Å². The van der Waals surface area contributed by atoms with Crippen LogP contribution in [0.25, 0.3) is 0 Å². The third-order valence-electron chi connectivity index (χ3n) is 1.65. The molecule has 0 aliphatic carbocycles. The van der Waals surface area contributed by atoms with Crippen LogP contribution in [0.2, 0.25) is 0 Å². The molecule has 0 aromatic carbocycles. The number of aromatic nitrogens is 3. The first kappa shape index (κ1) is 9.19. The standard InChI is InChI=1S/C8H16N4/c1-4-12-6-10-11-7(12)5-8(2,3)9/h6H,4-5,9H2,1-3H3. The molecule has 12 heavy (non-hydrogen) atoms. The summed E-state index contributed by atoms with van der Waals surface area (Å²) in [5.41, 5.74) is 5.66. The van der Waals surface area contributed by atoms with Crippen molar-refractivity contribution < 1.29 is 0 Å². The average molecular weight is 168 g/mol. The minimum absolute atomic E-state index is 0.208. The molecule has 0 radical (unpaired) electrons. The Morgan fingerprint density at radius 3 is 2.75 bits per heavy atom. The van der Waals surface area contributed by atoms with E-state index in [4.69, 9.17) is 5.73 Å². The maximum absolute atomic E-state index is 5.87. The zero-order valence-electron chi connectivity index (χ0n) is 7.91. The third-order valence-corrected chi connectivity index (χ3v) is 1.65. The molecule has 1 rings (SSSR count). The Hall–Kier alpha value is -0.900. The van der Waals surface area contributed by atoms with Crippen molar-refractivity contribution in [2.45, 2.75) is 39.3 Å². The van der Waals surface area contributed by atoms with Gasteiger partial charge in [0.2, 0.25) is 0 Å². The van der Waals surface area contributed by atoms with Gasteiger partial charge in [-0.15, -0.1) is 10.2 Å². The Morgan fingerprint density at radius 2 is 2.25 bits per heavy atom. The Labute approximate surface area is 72.8 Å². The van der Waals surface area contributed by atoms with E-state index in [1.54, 1.807) is 6.33 Å². The number of rotatable bonds is 3. The van der Waals surface area contributed by atoms with Crippen LogP contribution in [0.4, 0.5) is 0 Å². The van der Waals surface area contributed by atoms with Gasteiger partial charge in [-0.05, 0) is 20.8 Å². The molecular formula is C8H16N4. The highest BCUT2D eigenvalue weighted by Gasteiger charge is 2.15. The Bertz CT molecular complexity index is 246. The van der Waals surface area contributed by atoms with Gasteiger partial charge in [0.25, 0.3) is 0 Å². The predicted octanol–water partition coefficient (Wildman–Crippen LogP) is 0.578. The molecule has 1 heterocycles. The Balaban J connectivity index is 2.75. The number of nitrogens with two attached hydrogens (primary N) is 1. The largest absolute Gasteiger partial charge is 0.325 e. The highest BCUT2D eigenvalue weighted by atomic mass is 15.3. The lowest BCUT2D eigenvalue weighted by Crippen LogP contribution is -2.35. The van der Waals surface area contributed by atoms with Crippen LogP contribution in [0.1, 0.15) is 26.6 Å². The molecular weight excluding hydrogens is 152 g/mol. The summed E-state index contributed by atoms with van der Waals surface area (Å²) in [5, 5.41) is 7.84. The van der Waals surface area contributed by atoms with Crippen LogP contribution in [0, 0.1) is 0 Å². The second kappa shape index (κ2) is 3.23. The van der Waals surface area contributed by atoms with Gasteiger partial charge in [0.15, 0.2) is 0 Å². The van der Waals surface area contributed by atoms with E-state index in [1.165, 1.54) is 0 Å². The fraction of sp³-hybridized carbons (Fsp3) is 0.750. The van der Waals surface area contributed by atoms with Gasteiger partial charge in [-0.2, -0.15) is 0 Å². The van der Waals surface area contributed by atoms with Gasteiger partial charge in [-0.1, -0.05) is 0 Å². The van der Waals surface area contributed by atoms with Gasteiger partial charge in [0.1, 0.15) is 12.2 Å². The molecule has 0 saturated carbocycles. The SMILES string of the molecule is CCn1cnnc1CC(C)(C)N. The third kappa shape index (κ3) is 2.30. The fourth-order valence-electron chi connectivity index (χ4n) is 1.09. The topological polar surface area (TPSA) is 56.7 Å². The maximum Gasteiger partial charge on any atom is 0.134 e. The molecule has 1 aromatic heterocycles. The van der Waals surface area contributed by atoms with E-state index in [1.807, 2.05) is 18.4 Å². The molecule has 4 heteroatoms. The lowest BCUT2D eigenvalue weighted by molar-refractivity contribution is 0.487. The molecule has 0 spiro atoms. The van der Waals surface area contributed by atoms with Gasteiger partial charge in [0, 0.05) is 18.5 Å². The fourth-order valence-corrected chi connectivity index (χ4v) is 1.09. The first-order valence-electron chi connectivity index (χ1n) is 4.18. The predicted molar refractivity (Wildman–Crippen MR) is 47.7 cm³/mol. The van der Waals surface area contributed by atoms with Crippen molar-refractivity contribution in [1.29, 1.82) is 0 Å². The van der Waals surface area contributed by atoms with E-state index in [0.717, 1.165) is 18.8 Å². The molecule has 0 fully saturated rings. The molecule has 68 valence electrons. The number of hydrogen-bond acceptors (Lipinski definition) is 3. The molecule has 0 amide bonds. The minimum atomic E-state index is -0.208. The molecule has 0 bridgehead atoms. The van der Waals surface area contributed by atoms with Crippen molar-refractivity contribution in [1.82, 2.24) is 14.8 Å². The first-order valence-corrected chi connectivity index (χ1v) is 4.18. The second-order valence-electron chi connectivity index (χ2n) is 3.70. The first-order chi connectivity index (χ1) is 5.53. The van der Waals surface area contributed by atoms with Crippen molar-refractivity contribution in [3.8, 4) is 0 Å². The Kier molecular flexibility index (Phi) is 2.47. The van der Waals surface area contributed by atoms with E-state index in [0.29, 0.717) is 0 Å². The lowest BCUT2D eigenvalue weighted by atomic mass is 10.0. The molecule has 1 aromatic rings. The summed E-state index contributed by atoms with van der Waals surface area (Å²) in [7, 11) is 0. The summed E-state index contributed by atoms with van der Waals surface area (Å²) in [5.74, 6) is 0.963. The van der Waals surface area contributed by atoms with Crippen molar-refractivity contribution in [2.24, 2.45) is 5.73 Å². The van der Waals surface area contributed by atoms with Crippen LogP contribution in [0.5, 0.6) is 0 Å². The minimum Gasteiger partial charge on any atom is -0.325 e. The summed E-state index contributed by atoms with van der Waals surface area (Å²) in [6.45, 7) is 6.94. The summed E-state index contributed by atoms with van der Waals surface area (Å²) < 4.78 is 2.01. The zero-order valence-corrected chi connectivity index (χ0v) is 7.91. The van der Waals surface area contributed by atoms with E-state index in [-0.39, 0.29) is 5.54 Å². The quantitative estimate of drug-likeness (QED) is 0.718. The van der Waals surface area contributed by atoms with E-state index in [9.17, 15) is 0 Å². The summed E-state index contributed by atoms with van der Waals surface area (Å²) in [4.78, 5) is 0. The van der Waals surface area contributed by atoms with Crippen molar-refractivity contribution in [2.75, 3.05) is 0 Å². The van der Waals surface area contributed by atoms with Crippen LogP contribution in [0.3, 0.4) is 0 Å². The van der Waals surface area contributed by atoms with Gasteiger partial charge >= 0.3 is 0 Å². The summed E-state index contributed by atoms with van der Waals surface area (Å²) in [6, 6.07) is 0. The summed E-state index contributed by atoms with van der Waals surface area (Å²) in [6.07, 6.45) is 2.50. The normalized spacial score (nSPS) is 12.0. The monoisotopic (exact) mass is 168 g/mol. The van der Waals surface area contributed by atoms with Gasteiger partial charge in [0.05, 0.1) is 0 Å². The van der Waals surface area contributed by atoms with Crippen molar-refractivity contribution >= 4 is 0 Å². The van der Waals surface area contributed by atoms with Crippen LogP contribution < -0.4 is 5.73 Å². The molecule has 0 aliphatic rings. The molecule has 0 atom stereocenters. The van der Waals surface area contributed by atoms with Gasteiger partial charge in [-0.25, -0.2) is 0 Å². The Morgan fingerprint density at radius 1 is 1.58 bits per heavy atom. The van der Waals surface area contributed by atoms with Crippen LogP contribution >= 0.6 is 0 Å². The molecule has 0 unspecified atom stereocenters. The van der Waals surface area contributed by atoms with Gasteiger partial charge < -0.3 is 10.3 Å². The summed E-state index contributed by atoms with van der Waals surface area (Å²) >= 11 is 0. The van der Waals surface area contributed by atoms with Crippen LogP contribution in [0.15, 0.2) is 6.33 Å².